The number of ether oxygens (including phenoxy) is 2. The van der Waals surface area contributed by atoms with Crippen molar-refractivity contribution < 1.29 is 14.3 Å². The van der Waals surface area contributed by atoms with Gasteiger partial charge in [-0.05, 0) is 30.3 Å². The van der Waals surface area contributed by atoms with Crippen LogP contribution in [0.2, 0.25) is 0 Å². The van der Waals surface area contributed by atoms with Crippen LogP contribution in [0.4, 0.5) is 5.82 Å². The van der Waals surface area contributed by atoms with Gasteiger partial charge in [-0.15, -0.1) is 11.3 Å². The SMILES string of the molecule is O=C(Nc1ccccn1)c1cnc(-c2ccc3c(c2)OCO3)s1. The second-order valence-corrected chi connectivity index (χ2v) is 5.80. The Balaban J connectivity index is 1.56. The largest absolute Gasteiger partial charge is 0.454 e. The van der Waals surface area contributed by atoms with E-state index < -0.39 is 0 Å². The molecule has 0 fully saturated rings. The van der Waals surface area contributed by atoms with E-state index in [1.165, 1.54) is 11.3 Å². The maximum absolute atomic E-state index is 12.2. The van der Waals surface area contributed by atoms with Crippen LogP contribution in [0.25, 0.3) is 10.6 Å². The van der Waals surface area contributed by atoms with E-state index in [4.69, 9.17) is 9.47 Å². The summed E-state index contributed by atoms with van der Waals surface area (Å²) in [6.45, 7) is 0.231. The lowest BCUT2D eigenvalue weighted by molar-refractivity contribution is 0.103. The molecule has 1 N–H and O–H groups in total. The number of aromatic nitrogens is 2. The highest BCUT2D eigenvalue weighted by atomic mass is 32.1. The summed E-state index contributed by atoms with van der Waals surface area (Å²) in [5, 5.41) is 3.49. The van der Waals surface area contributed by atoms with Crippen molar-refractivity contribution in [1.82, 2.24) is 9.97 Å². The third-order valence-electron chi connectivity index (χ3n) is 3.26. The summed E-state index contributed by atoms with van der Waals surface area (Å²) in [5.41, 5.74) is 0.885. The van der Waals surface area contributed by atoms with Crippen LogP contribution in [0.3, 0.4) is 0 Å². The van der Waals surface area contributed by atoms with Crippen molar-refractivity contribution in [2.45, 2.75) is 0 Å². The maximum atomic E-state index is 12.2. The average Bonchev–Trinajstić information content (AvgIpc) is 3.24. The number of carbonyl (C=O) groups excluding carboxylic acids is 1. The second-order valence-electron chi connectivity index (χ2n) is 4.77. The fraction of sp³-hybridized carbons (Fsp3) is 0.0625. The molecule has 23 heavy (non-hydrogen) atoms. The summed E-state index contributed by atoms with van der Waals surface area (Å²) in [6, 6.07) is 10.9. The first kappa shape index (κ1) is 13.7. The van der Waals surface area contributed by atoms with Crippen molar-refractivity contribution in [2.75, 3.05) is 12.1 Å². The number of nitrogens with one attached hydrogen (secondary N) is 1. The molecule has 0 atom stereocenters. The molecule has 0 saturated carbocycles. The summed E-state index contributed by atoms with van der Waals surface area (Å²) in [5.74, 6) is 1.69. The van der Waals surface area contributed by atoms with Crippen LogP contribution < -0.4 is 14.8 Å². The highest BCUT2D eigenvalue weighted by Crippen LogP contribution is 2.37. The molecule has 0 saturated heterocycles. The summed E-state index contributed by atoms with van der Waals surface area (Å²) >= 11 is 1.31. The average molecular weight is 325 g/mol. The van der Waals surface area contributed by atoms with Gasteiger partial charge in [-0.1, -0.05) is 6.07 Å². The Labute approximate surface area is 135 Å². The Morgan fingerprint density at radius 2 is 2.04 bits per heavy atom. The Morgan fingerprint density at radius 1 is 1.13 bits per heavy atom. The monoisotopic (exact) mass is 325 g/mol. The minimum atomic E-state index is -0.229. The van der Waals surface area contributed by atoms with Crippen LogP contribution in [-0.2, 0) is 0 Å². The third-order valence-corrected chi connectivity index (χ3v) is 4.30. The first-order chi connectivity index (χ1) is 11.3. The molecule has 7 heteroatoms. The summed E-state index contributed by atoms with van der Waals surface area (Å²) in [6.07, 6.45) is 3.18. The van der Waals surface area contributed by atoms with E-state index in [1.807, 2.05) is 24.3 Å². The Kier molecular flexibility index (Phi) is 3.39. The van der Waals surface area contributed by atoms with Crippen LogP contribution in [-0.4, -0.2) is 22.7 Å². The zero-order chi connectivity index (χ0) is 15.6. The van der Waals surface area contributed by atoms with Crippen molar-refractivity contribution in [3.63, 3.8) is 0 Å². The van der Waals surface area contributed by atoms with Gasteiger partial charge in [0.15, 0.2) is 11.5 Å². The lowest BCUT2D eigenvalue weighted by Crippen LogP contribution is -2.10. The minimum Gasteiger partial charge on any atom is -0.454 e. The van der Waals surface area contributed by atoms with Crippen molar-refractivity contribution in [3.05, 3.63) is 53.7 Å². The van der Waals surface area contributed by atoms with Crippen molar-refractivity contribution in [1.29, 1.82) is 0 Å². The third kappa shape index (κ3) is 2.74. The minimum absolute atomic E-state index is 0.229. The molecule has 0 spiro atoms. The summed E-state index contributed by atoms with van der Waals surface area (Å²) in [4.78, 5) is 21.1. The van der Waals surface area contributed by atoms with Gasteiger partial charge in [0, 0.05) is 11.8 Å². The van der Waals surface area contributed by atoms with Crippen LogP contribution in [0.15, 0.2) is 48.8 Å². The number of fused-ring (bicyclic) bond motifs is 1. The Bertz CT molecular complexity index is 864. The van der Waals surface area contributed by atoms with E-state index in [0.29, 0.717) is 16.4 Å². The molecular weight excluding hydrogens is 314 g/mol. The summed E-state index contributed by atoms with van der Waals surface area (Å²) < 4.78 is 10.6. The van der Waals surface area contributed by atoms with Gasteiger partial charge in [-0.25, -0.2) is 9.97 Å². The zero-order valence-electron chi connectivity index (χ0n) is 11.9. The van der Waals surface area contributed by atoms with Crippen LogP contribution in [0.5, 0.6) is 11.5 Å². The quantitative estimate of drug-likeness (QED) is 0.800. The highest BCUT2D eigenvalue weighted by Gasteiger charge is 2.17. The number of nitrogens with zero attached hydrogens (tertiary/aromatic N) is 2. The number of benzene rings is 1. The van der Waals surface area contributed by atoms with Gasteiger partial charge in [-0.2, -0.15) is 0 Å². The van der Waals surface area contributed by atoms with Gasteiger partial charge in [0.2, 0.25) is 6.79 Å². The molecule has 0 unspecified atom stereocenters. The normalized spacial score (nSPS) is 12.2. The number of thiazole rings is 1. The van der Waals surface area contributed by atoms with Gasteiger partial charge >= 0.3 is 0 Å². The van der Waals surface area contributed by atoms with Gasteiger partial charge in [0.25, 0.3) is 5.91 Å². The zero-order valence-corrected chi connectivity index (χ0v) is 12.7. The lowest BCUT2D eigenvalue weighted by Gasteiger charge is -2.01. The van der Waals surface area contributed by atoms with Crippen molar-refractivity contribution in [2.24, 2.45) is 0 Å². The molecule has 0 bridgehead atoms. The molecule has 0 aliphatic carbocycles. The fourth-order valence-corrected chi connectivity index (χ4v) is 2.96. The number of hydrogen-bond acceptors (Lipinski definition) is 6. The molecule has 1 aromatic carbocycles. The predicted octanol–water partition coefficient (Wildman–Crippen LogP) is 3.19. The second kappa shape index (κ2) is 5.69. The van der Waals surface area contributed by atoms with Crippen LogP contribution in [0, 0.1) is 0 Å². The first-order valence-electron chi connectivity index (χ1n) is 6.88. The Morgan fingerprint density at radius 3 is 2.91 bits per heavy atom. The Hall–Kier alpha value is -2.93. The first-order valence-corrected chi connectivity index (χ1v) is 7.69. The molecule has 1 amide bonds. The lowest BCUT2D eigenvalue weighted by atomic mass is 10.2. The molecule has 0 radical (unpaired) electrons. The summed E-state index contributed by atoms with van der Waals surface area (Å²) in [7, 11) is 0. The standard InChI is InChI=1S/C16H11N3O3S/c20-15(19-14-3-1-2-6-17-14)13-8-18-16(23-13)10-4-5-11-12(7-10)22-9-21-11/h1-8H,9H2,(H,17,19,20). The molecule has 114 valence electrons. The predicted molar refractivity (Wildman–Crippen MR) is 85.9 cm³/mol. The molecule has 2 aromatic heterocycles. The number of carbonyl (C=O) groups is 1. The van der Waals surface area contributed by atoms with Crippen LogP contribution >= 0.6 is 11.3 Å². The van der Waals surface area contributed by atoms with E-state index in [0.717, 1.165) is 16.3 Å². The van der Waals surface area contributed by atoms with E-state index in [2.05, 4.69) is 15.3 Å². The van der Waals surface area contributed by atoms with E-state index in [1.54, 1.807) is 24.5 Å². The van der Waals surface area contributed by atoms with Gasteiger partial charge < -0.3 is 14.8 Å². The number of rotatable bonds is 3. The molecule has 3 aromatic rings. The molecule has 1 aliphatic rings. The molecule has 6 nitrogen and oxygen atoms in total. The van der Waals surface area contributed by atoms with Crippen LogP contribution in [0.1, 0.15) is 9.67 Å². The topological polar surface area (TPSA) is 73.3 Å². The van der Waals surface area contributed by atoms with Gasteiger partial charge in [0.05, 0.1) is 6.20 Å². The molecular formula is C16H11N3O3S. The molecule has 1 aliphatic heterocycles. The van der Waals surface area contributed by atoms with E-state index in [9.17, 15) is 4.79 Å². The number of hydrogen-bond donors (Lipinski definition) is 1. The maximum Gasteiger partial charge on any atom is 0.268 e. The number of anilines is 1. The van der Waals surface area contributed by atoms with E-state index in [-0.39, 0.29) is 12.7 Å². The number of pyridine rings is 1. The number of amides is 1. The molecule has 3 heterocycles. The van der Waals surface area contributed by atoms with Gasteiger partial charge in [0.1, 0.15) is 15.7 Å². The van der Waals surface area contributed by atoms with Crippen molar-refractivity contribution >= 4 is 23.1 Å². The van der Waals surface area contributed by atoms with E-state index >= 15 is 0 Å². The van der Waals surface area contributed by atoms with Crippen molar-refractivity contribution in [3.8, 4) is 22.1 Å². The molecule has 4 rings (SSSR count). The van der Waals surface area contributed by atoms with Gasteiger partial charge in [-0.3, -0.25) is 4.79 Å². The fourth-order valence-electron chi connectivity index (χ4n) is 2.16. The highest BCUT2D eigenvalue weighted by molar-refractivity contribution is 7.17. The smallest absolute Gasteiger partial charge is 0.268 e.